The normalized spacial score (nSPS) is 14.9. The minimum Gasteiger partial charge on any atom is -0.497 e. The molecule has 0 saturated carbocycles. The highest BCUT2D eigenvalue weighted by Crippen LogP contribution is 2.36. The van der Waals surface area contributed by atoms with Crippen LogP contribution < -0.4 is 24.4 Å². The van der Waals surface area contributed by atoms with Gasteiger partial charge in [0.15, 0.2) is 4.80 Å². The number of nitrogens with zero attached hydrogens (tertiary/aromatic N) is 2. The summed E-state index contributed by atoms with van der Waals surface area (Å²) in [5.74, 6) is 0.764. The molecule has 10 heteroatoms. The zero-order valence-electron chi connectivity index (χ0n) is 22.5. The van der Waals surface area contributed by atoms with E-state index in [1.54, 1.807) is 24.7 Å². The Balaban J connectivity index is 1.83. The van der Waals surface area contributed by atoms with E-state index in [9.17, 15) is 9.59 Å². The number of hydrogen-bond acceptors (Lipinski definition) is 7. The third-order valence-electron chi connectivity index (χ3n) is 6.42. The van der Waals surface area contributed by atoms with E-state index in [1.165, 1.54) is 11.3 Å². The van der Waals surface area contributed by atoms with Crippen LogP contribution in [0.4, 0.5) is 0 Å². The summed E-state index contributed by atoms with van der Waals surface area (Å²) >= 11 is 8.37. The highest BCUT2D eigenvalue weighted by Gasteiger charge is 2.35. The predicted octanol–water partition coefficient (Wildman–Crippen LogP) is 5.87. The number of carbonyl (C=O) groups excluding carboxylic acids is 1. The third kappa shape index (κ3) is 5.82. The molecule has 1 aliphatic heterocycles. The van der Waals surface area contributed by atoms with Gasteiger partial charge in [0.05, 0.1) is 46.6 Å². The number of esters is 1. The number of halogens is 2. The molecule has 7 nitrogen and oxygen atoms in total. The Morgan fingerprint density at radius 3 is 2.44 bits per heavy atom. The van der Waals surface area contributed by atoms with Gasteiger partial charge in [0, 0.05) is 15.6 Å². The second-order valence-electron chi connectivity index (χ2n) is 8.94. The van der Waals surface area contributed by atoms with Gasteiger partial charge in [-0.05, 0) is 65.7 Å². The number of thiazole rings is 1. The van der Waals surface area contributed by atoms with Crippen molar-refractivity contribution in [1.29, 1.82) is 0 Å². The molecule has 210 valence electrons. The van der Waals surface area contributed by atoms with Crippen molar-refractivity contribution in [3.63, 3.8) is 0 Å². The van der Waals surface area contributed by atoms with Crippen molar-refractivity contribution >= 4 is 60.9 Å². The lowest BCUT2D eigenvalue weighted by atomic mass is 9.93. The lowest BCUT2D eigenvalue weighted by molar-refractivity contribution is -0.138. The fourth-order valence-electron chi connectivity index (χ4n) is 4.67. The van der Waals surface area contributed by atoms with Crippen LogP contribution in [0.2, 0.25) is 0 Å². The molecular weight excluding hydrogens is 672 g/mol. The van der Waals surface area contributed by atoms with Crippen LogP contribution in [-0.4, -0.2) is 30.9 Å². The Bertz CT molecular complexity index is 1810. The Hall–Kier alpha value is -3.47. The van der Waals surface area contributed by atoms with Crippen LogP contribution in [0.5, 0.6) is 11.5 Å². The Labute approximate surface area is 257 Å². The van der Waals surface area contributed by atoms with E-state index < -0.39 is 12.0 Å². The quantitative estimate of drug-likeness (QED) is 0.216. The van der Waals surface area contributed by atoms with Gasteiger partial charge in [0.25, 0.3) is 5.56 Å². The van der Waals surface area contributed by atoms with Gasteiger partial charge >= 0.3 is 5.97 Å². The van der Waals surface area contributed by atoms with Crippen LogP contribution in [0.3, 0.4) is 0 Å². The average Bonchev–Trinajstić information content (AvgIpc) is 3.28. The molecule has 0 aliphatic carbocycles. The average molecular weight is 698 g/mol. The molecule has 2 heterocycles. The molecule has 0 radical (unpaired) electrons. The van der Waals surface area contributed by atoms with Gasteiger partial charge in [-0.3, -0.25) is 9.36 Å². The van der Waals surface area contributed by atoms with E-state index >= 15 is 0 Å². The molecule has 4 aromatic rings. The maximum absolute atomic E-state index is 14.2. The zero-order valence-corrected chi connectivity index (χ0v) is 26.5. The number of ether oxygens (including phenoxy) is 3. The lowest BCUT2D eigenvalue weighted by Gasteiger charge is -2.26. The van der Waals surface area contributed by atoms with E-state index in [0.29, 0.717) is 38.7 Å². The van der Waals surface area contributed by atoms with Crippen molar-refractivity contribution in [2.45, 2.75) is 19.9 Å². The predicted molar refractivity (Wildman–Crippen MR) is 167 cm³/mol. The van der Waals surface area contributed by atoms with E-state index in [2.05, 4.69) is 31.9 Å². The molecule has 0 unspecified atom stereocenters. The zero-order chi connectivity index (χ0) is 29.1. The van der Waals surface area contributed by atoms with Gasteiger partial charge in [-0.15, -0.1) is 0 Å². The number of methoxy groups -OCH3 is 1. The summed E-state index contributed by atoms with van der Waals surface area (Å²) in [6.45, 7) is 4.30. The van der Waals surface area contributed by atoms with Crippen LogP contribution in [0, 0.1) is 0 Å². The molecule has 5 rings (SSSR count). The molecule has 3 aromatic carbocycles. The Morgan fingerprint density at radius 2 is 1.78 bits per heavy atom. The number of hydrogen-bond donors (Lipinski definition) is 0. The second-order valence-corrected chi connectivity index (χ2v) is 11.7. The number of benzene rings is 3. The van der Waals surface area contributed by atoms with Crippen molar-refractivity contribution in [2.75, 3.05) is 20.3 Å². The smallest absolute Gasteiger partial charge is 0.338 e. The number of carbonyl (C=O) groups is 1. The molecule has 0 saturated heterocycles. The molecular formula is C31H26Br2N2O5S. The van der Waals surface area contributed by atoms with Gasteiger partial charge < -0.3 is 14.2 Å². The first kappa shape index (κ1) is 29.0. The van der Waals surface area contributed by atoms with Crippen molar-refractivity contribution in [3.05, 3.63) is 118 Å². The number of rotatable bonds is 8. The fraction of sp³-hybridized carbons (Fsp3) is 0.194. The largest absolute Gasteiger partial charge is 0.497 e. The topological polar surface area (TPSA) is 79.1 Å². The van der Waals surface area contributed by atoms with Crippen molar-refractivity contribution in [1.82, 2.24) is 4.57 Å². The fourth-order valence-corrected chi connectivity index (χ4v) is 7.03. The SMILES string of the molecule is CCOC(=O)C1=C(c2ccccc2)N=c2s/c(=C\c3cc(Br)cc(Br)c3OCC)c(=O)n2[C@H]1c1ccc(OC)cc1. The van der Waals surface area contributed by atoms with Gasteiger partial charge in [-0.1, -0.05) is 69.7 Å². The first-order valence-electron chi connectivity index (χ1n) is 12.9. The molecule has 1 aromatic heterocycles. The summed E-state index contributed by atoms with van der Waals surface area (Å²) in [6, 6.07) is 19.8. The molecule has 0 amide bonds. The molecule has 0 fully saturated rings. The van der Waals surface area contributed by atoms with Gasteiger partial charge in [-0.2, -0.15) is 0 Å². The highest BCUT2D eigenvalue weighted by molar-refractivity contribution is 9.11. The molecule has 41 heavy (non-hydrogen) atoms. The molecule has 0 N–H and O–H groups in total. The molecule has 0 bridgehead atoms. The van der Waals surface area contributed by atoms with Crippen LogP contribution in [0.15, 0.2) is 91.0 Å². The van der Waals surface area contributed by atoms with Crippen LogP contribution in [-0.2, 0) is 9.53 Å². The van der Waals surface area contributed by atoms with Gasteiger partial charge in [0.2, 0.25) is 0 Å². The maximum Gasteiger partial charge on any atom is 0.338 e. The lowest BCUT2D eigenvalue weighted by Crippen LogP contribution is -2.40. The minimum atomic E-state index is -0.769. The van der Waals surface area contributed by atoms with Crippen LogP contribution in [0.1, 0.15) is 36.6 Å². The first-order valence-corrected chi connectivity index (χ1v) is 15.3. The summed E-state index contributed by atoms with van der Waals surface area (Å²) in [4.78, 5) is 33.1. The molecule has 1 aliphatic rings. The summed E-state index contributed by atoms with van der Waals surface area (Å²) in [6.07, 6.45) is 1.80. The van der Waals surface area contributed by atoms with E-state index in [0.717, 1.165) is 25.6 Å². The van der Waals surface area contributed by atoms with E-state index in [1.807, 2.05) is 73.7 Å². The van der Waals surface area contributed by atoms with E-state index in [4.69, 9.17) is 19.2 Å². The highest BCUT2D eigenvalue weighted by atomic mass is 79.9. The third-order valence-corrected chi connectivity index (χ3v) is 8.45. The minimum absolute atomic E-state index is 0.183. The first-order chi connectivity index (χ1) is 19.9. The van der Waals surface area contributed by atoms with Crippen LogP contribution in [0.25, 0.3) is 11.8 Å². The van der Waals surface area contributed by atoms with Gasteiger partial charge in [-0.25, -0.2) is 9.79 Å². The number of fused-ring (bicyclic) bond motifs is 1. The van der Waals surface area contributed by atoms with Crippen molar-refractivity contribution < 1.29 is 19.0 Å². The standard InChI is InChI=1S/C31H26Br2N2O5S/c1-4-39-28-20(15-21(32)17-23(28)33)16-24-29(36)35-27(19-11-13-22(38-3)14-12-19)25(30(37)40-5-2)26(34-31(35)41-24)18-9-7-6-8-10-18/h6-17,27H,4-5H2,1-3H3/b24-16-/t27-/m0/s1. The molecule has 0 spiro atoms. The summed E-state index contributed by atoms with van der Waals surface area (Å²) < 4.78 is 20.4. The Kier molecular flexibility index (Phi) is 8.91. The van der Waals surface area contributed by atoms with Gasteiger partial charge in [0.1, 0.15) is 11.5 Å². The van der Waals surface area contributed by atoms with Crippen LogP contribution >= 0.6 is 43.2 Å². The summed E-state index contributed by atoms with van der Waals surface area (Å²) in [7, 11) is 1.59. The van der Waals surface area contributed by atoms with E-state index in [-0.39, 0.29) is 12.2 Å². The second kappa shape index (κ2) is 12.6. The molecule has 1 atom stereocenters. The monoisotopic (exact) mass is 696 g/mol. The van der Waals surface area contributed by atoms with Crippen molar-refractivity contribution in [3.8, 4) is 11.5 Å². The maximum atomic E-state index is 14.2. The van der Waals surface area contributed by atoms with Crippen molar-refractivity contribution in [2.24, 2.45) is 4.99 Å². The summed E-state index contributed by atoms with van der Waals surface area (Å²) in [5.41, 5.74) is 2.70. The number of aromatic nitrogens is 1. The summed E-state index contributed by atoms with van der Waals surface area (Å²) in [5, 5.41) is 0. The Morgan fingerprint density at radius 1 is 1.05 bits per heavy atom.